The number of aryl methyl sites for hydroxylation is 1. The van der Waals surface area contributed by atoms with Crippen LogP contribution in [0.5, 0.6) is 0 Å². The van der Waals surface area contributed by atoms with Crippen LogP contribution in [-0.2, 0) is 0 Å². The molecule has 1 fully saturated rings. The third kappa shape index (κ3) is 2.51. The number of rotatable bonds is 4. The number of nitrogens with one attached hydrogen (secondary N) is 1. The van der Waals surface area contributed by atoms with Crippen LogP contribution in [0.15, 0.2) is 6.20 Å². The average Bonchev–Trinajstić information content (AvgIpc) is 2.80. The molecule has 2 heterocycles. The molecule has 17 heavy (non-hydrogen) atoms. The van der Waals surface area contributed by atoms with Gasteiger partial charge in [0.25, 0.3) is 0 Å². The summed E-state index contributed by atoms with van der Waals surface area (Å²) < 4.78 is 0. The van der Waals surface area contributed by atoms with E-state index in [0.29, 0.717) is 6.04 Å². The van der Waals surface area contributed by atoms with E-state index in [9.17, 15) is 0 Å². The zero-order valence-corrected chi connectivity index (χ0v) is 11.0. The normalized spacial score (nSPS) is 19.7. The maximum absolute atomic E-state index is 4.65. The number of anilines is 2. The van der Waals surface area contributed by atoms with Crippen molar-refractivity contribution in [1.82, 2.24) is 9.97 Å². The molecule has 0 aliphatic carbocycles. The molecule has 0 aromatic carbocycles. The molecule has 0 amide bonds. The van der Waals surface area contributed by atoms with E-state index in [2.05, 4.69) is 41.0 Å². The first kappa shape index (κ1) is 12.1. The van der Waals surface area contributed by atoms with E-state index in [4.69, 9.17) is 0 Å². The Morgan fingerprint density at radius 1 is 1.47 bits per heavy atom. The molecule has 0 bridgehead atoms. The SMILES string of the molecule is CCNc1ncc(C)c(N2CCCC2CC)n1. The van der Waals surface area contributed by atoms with Crippen molar-refractivity contribution in [2.45, 2.75) is 46.1 Å². The standard InChI is InChI=1S/C13H22N4/c1-4-11-7-6-8-17(11)12-10(3)9-15-13(16-12)14-5-2/h9,11H,4-8H2,1-3H3,(H,14,15,16). The molecule has 0 radical (unpaired) electrons. The lowest BCUT2D eigenvalue weighted by molar-refractivity contribution is 0.639. The van der Waals surface area contributed by atoms with E-state index < -0.39 is 0 Å². The van der Waals surface area contributed by atoms with Gasteiger partial charge < -0.3 is 10.2 Å². The Kier molecular flexibility index (Phi) is 3.82. The highest BCUT2D eigenvalue weighted by atomic mass is 15.3. The summed E-state index contributed by atoms with van der Waals surface area (Å²) in [6.45, 7) is 8.40. The van der Waals surface area contributed by atoms with Gasteiger partial charge in [-0.05, 0) is 33.1 Å². The highest BCUT2D eigenvalue weighted by molar-refractivity contribution is 5.50. The molecule has 0 saturated carbocycles. The van der Waals surface area contributed by atoms with Crippen molar-refractivity contribution in [2.24, 2.45) is 0 Å². The summed E-state index contributed by atoms with van der Waals surface area (Å²) in [6.07, 6.45) is 5.68. The lowest BCUT2D eigenvalue weighted by Crippen LogP contribution is -2.30. The zero-order chi connectivity index (χ0) is 12.3. The largest absolute Gasteiger partial charge is 0.354 e. The van der Waals surface area contributed by atoms with Crippen LogP contribution in [0.3, 0.4) is 0 Å². The van der Waals surface area contributed by atoms with Crippen LogP contribution in [0.4, 0.5) is 11.8 Å². The quantitative estimate of drug-likeness (QED) is 0.869. The van der Waals surface area contributed by atoms with Gasteiger partial charge in [0.15, 0.2) is 0 Å². The van der Waals surface area contributed by atoms with Gasteiger partial charge in [0.1, 0.15) is 5.82 Å². The minimum Gasteiger partial charge on any atom is -0.354 e. The second-order valence-electron chi connectivity index (χ2n) is 4.63. The molecule has 4 heteroatoms. The lowest BCUT2D eigenvalue weighted by atomic mass is 10.1. The Hall–Kier alpha value is -1.32. The highest BCUT2D eigenvalue weighted by Gasteiger charge is 2.25. The Morgan fingerprint density at radius 3 is 3.00 bits per heavy atom. The summed E-state index contributed by atoms with van der Waals surface area (Å²) in [6, 6.07) is 0.651. The van der Waals surface area contributed by atoms with Gasteiger partial charge in [0, 0.05) is 30.9 Å². The predicted octanol–water partition coefficient (Wildman–Crippen LogP) is 2.60. The van der Waals surface area contributed by atoms with Crippen molar-refractivity contribution in [3.05, 3.63) is 11.8 Å². The molecule has 1 atom stereocenters. The number of hydrogen-bond acceptors (Lipinski definition) is 4. The van der Waals surface area contributed by atoms with Crippen molar-refractivity contribution < 1.29 is 0 Å². The fourth-order valence-corrected chi connectivity index (χ4v) is 2.51. The van der Waals surface area contributed by atoms with Gasteiger partial charge >= 0.3 is 0 Å². The minimum absolute atomic E-state index is 0.651. The van der Waals surface area contributed by atoms with Crippen LogP contribution < -0.4 is 10.2 Å². The maximum atomic E-state index is 4.65. The Labute approximate surface area is 103 Å². The topological polar surface area (TPSA) is 41.1 Å². The summed E-state index contributed by atoms with van der Waals surface area (Å²) in [5, 5.41) is 3.18. The summed E-state index contributed by atoms with van der Waals surface area (Å²) in [5.74, 6) is 1.86. The van der Waals surface area contributed by atoms with Crippen molar-refractivity contribution in [3.63, 3.8) is 0 Å². The van der Waals surface area contributed by atoms with E-state index >= 15 is 0 Å². The van der Waals surface area contributed by atoms with Crippen LogP contribution in [0.25, 0.3) is 0 Å². The fourth-order valence-electron chi connectivity index (χ4n) is 2.51. The molecule has 94 valence electrons. The molecule has 1 aromatic rings. The summed E-state index contributed by atoms with van der Waals surface area (Å²) in [5.41, 5.74) is 1.17. The Bertz CT molecular complexity index is 378. The molecule has 4 nitrogen and oxygen atoms in total. The molecule has 1 aliphatic heterocycles. The maximum Gasteiger partial charge on any atom is 0.224 e. The first-order valence-electron chi connectivity index (χ1n) is 6.60. The van der Waals surface area contributed by atoms with Gasteiger partial charge in [-0.15, -0.1) is 0 Å². The van der Waals surface area contributed by atoms with Crippen molar-refractivity contribution >= 4 is 11.8 Å². The van der Waals surface area contributed by atoms with Crippen LogP contribution in [-0.4, -0.2) is 29.1 Å². The highest BCUT2D eigenvalue weighted by Crippen LogP contribution is 2.28. The van der Waals surface area contributed by atoms with Crippen LogP contribution in [0, 0.1) is 6.92 Å². The van der Waals surface area contributed by atoms with E-state index in [1.807, 2.05) is 6.20 Å². The molecule has 1 aromatic heterocycles. The van der Waals surface area contributed by atoms with Crippen LogP contribution >= 0.6 is 0 Å². The predicted molar refractivity (Wildman–Crippen MR) is 71.6 cm³/mol. The third-order valence-corrected chi connectivity index (χ3v) is 3.40. The molecule has 1 N–H and O–H groups in total. The van der Waals surface area contributed by atoms with Crippen molar-refractivity contribution in [2.75, 3.05) is 23.3 Å². The second kappa shape index (κ2) is 5.34. The van der Waals surface area contributed by atoms with Crippen LogP contribution in [0.1, 0.15) is 38.7 Å². The van der Waals surface area contributed by atoms with E-state index in [0.717, 1.165) is 24.9 Å². The molecular weight excluding hydrogens is 212 g/mol. The first-order valence-corrected chi connectivity index (χ1v) is 6.60. The van der Waals surface area contributed by atoms with Gasteiger partial charge in [-0.2, -0.15) is 4.98 Å². The van der Waals surface area contributed by atoms with Gasteiger partial charge in [-0.25, -0.2) is 4.98 Å². The molecule has 2 rings (SSSR count). The van der Waals surface area contributed by atoms with Gasteiger partial charge in [-0.3, -0.25) is 0 Å². The lowest BCUT2D eigenvalue weighted by Gasteiger charge is -2.26. The number of nitrogens with zero attached hydrogens (tertiary/aromatic N) is 3. The van der Waals surface area contributed by atoms with Crippen LogP contribution in [0.2, 0.25) is 0 Å². The first-order chi connectivity index (χ1) is 8.26. The number of aromatic nitrogens is 2. The Balaban J connectivity index is 2.26. The van der Waals surface area contributed by atoms with Crippen molar-refractivity contribution in [3.8, 4) is 0 Å². The monoisotopic (exact) mass is 234 g/mol. The molecule has 1 saturated heterocycles. The minimum atomic E-state index is 0.651. The van der Waals surface area contributed by atoms with Crippen molar-refractivity contribution in [1.29, 1.82) is 0 Å². The number of hydrogen-bond donors (Lipinski definition) is 1. The summed E-state index contributed by atoms with van der Waals surface area (Å²) >= 11 is 0. The smallest absolute Gasteiger partial charge is 0.224 e. The third-order valence-electron chi connectivity index (χ3n) is 3.40. The van der Waals surface area contributed by atoms with E-state index in [-0.39, 0.29) is 0 Å². The average molecular weight is 234 g/mol. The van der Waals surface area contributed by atoms with Gasteiger partial charge in [0.05, 0.1) is 0 Å². The molecule has 0 spiro atoms. The zero-order valence-electron chi connectivity index (χ0n) is 11.0. The fraction of sp³-hybridized carbons (Fsp3) is 0.692. The molecule has 1 aliphatic rings. The van der Waals surface area contributed by atoms with Gasteiger partial charge in [-0.1, -0.05) is 6.92 Å². The molecule has 1 unspecified atom stereocenters. The summed E-state index contributed by atoms with van der Waals surface area (Å²) in [7, 11) is 0. The molecular formula is C13H22N4. The van der Waals surface area contributed by atoms with E-state index in [1.165, 1.54) is 24.8 Å². The summed E-state index contributed by atoms with van der Waals surface area (Å²) in [4.78, 5) is 11.4. The Morgan fingerprint density at radius 2 is 2.29 bits per heavy atom. The van der Waals surface area contributed by atoms with Gasteiger partial charge in [0.2, 0.25) is 5.95 Å². The second-order valence-corrected chi connectivity index (χ2v) is 4.63. The van der Waals surface area contributed by atoms with E-state index in [1.54, 1.807) is 0 Å².